The van der Waals surface area contributed by atoms with E-state index in [4.69, 9.17) is 4.98 Å². The lowest BCUT2D eigenvalue weighted by Crippen LogP contribution is -2.46. The van der Waals surface area contributed by atoms with E-state index in [1.807, 2.05) is 29.8 Å². The molecule has 27 heavy (non-hydrogen) atoms. The van der Waals surface area contributed by atoms with Crippen LogP contribution in [0.2, 0.25) is 0 Å². The maximum absolute atomic E-state index is 13.1. The number of benzene rings is 2. The molecule has 3 heterocycles. The second-order valence-electron chi connectivity index (χ2n) is 6.58. The van der Waals surface area contributed by atoms with Gasteiger partial charge in [-0.2, -0.15) is 0 Å². The van der Waals surface area contributed by atoms with E-state index in [1.54, 1.807) is 11.3 Å². The van der Waals surface area contributed by atoms with E-state index < -0.39 is 0 Å². The highest BCUT2D eigenvalue weighted by Gasteiger charge is 2.20. The number of aromatic nitrogens is 3. The minimum Gasteiger partial charge on any atom is -0.368 e. The standard InChI is InChI=1S/C20H18FN5S/c21-15-2-4-16(5-3-15)25-8-10-26(11-9-25)20-23-17-6-1-14(13-18(17)24-20)19-22-7-12-27-19/h1-7,12-13H,8-11H2,(H,23,24). The van der Waals surface area contributed by atoms with Crippen molar-refractivity contribution < 1.29 is 4.39 Å². The normalized spacial score (nSPS) is 14.9. The lowest BCUT2D eigenvalue weighted by atomic mass is 10.2. The van der Waals surface area contributed by atoms with Gasteiger partial charge in [-0.15, -0.1) is 11.3 Å². The van der Waals surface area contributed by atoms with Crippen molar-refractivity contribution in [3.8, 4) is 10.6 Å². The number of hydrogen-bond donors (Lipinski definition) is 1. The van der Waals surface area contributed by atoms with Gasteiger partial charge in [0.1, 0.15) is 10.8 Å². The number of H-pyrrole nitrogens is 1. The zero-order chi connectivity index (χ0) is 18.2. The van der Waals surface area contributed by atoms with E-state index in [1.165, 1.54) is 12.1 Å². The molecule has 4 aromatic rings. The summed E-state index contributed by atoms with van der Waals surface area (Å²) in [6, 6.07) is 12.9. The van der Waals surface area contributed by atoms with E-state index in [0.29, 0.717) is 0 Å². The van der Waals surface area contributed by atoms with Gasteiger partial charge in [-0.3, -0.25) is 0 Å². The molecule has 2 aromatic heterocycles. The van der Waals surface area contributed by atoms with Crippen LogP contribution in [0.5, 0.6) is 0 Å². The zero-order valence-electron chi connectivity index (χ0n) is 14.6. The molecule has 0 atom stereocenters. The predicted octanol–water partition coefficient (Wildman–Crippen LogP) is 4.15. The molecule has 5 nitrogen and oxygen atoms in total. The second-order valence-corrected chi connectivity index (χ2v) is 7.47. The van der Waals surface area contributed by atoms with Crippen molar-refractivity contribution in [3.63, 3.8) is 0 Å². The summed E-state index contributed by atoms with van der Waals surface area (Å²) in [6.07, 6.45) is 1.82. The number of hydrogen-bond acceptors (Lipinski definition) is 5. The van der Waals surface area contributed by atoms with Gasteiger partial charge in [-0.05, 0) is 42.5 Å². The van der Waals surface area contributed by atoms with Crippen LogP contribution in [0.3, 0.4) is 0 Å². The number of piperazine rings is 1. The highest BCUT2D eigenvalue weighted by Crippen LogP contribution is 2.27. The number of halogens is 1. The fourth-order valence-electron chi connectivity index (χ4n) is 3.47. The van der Waals surface area contributed by atoms with Gasteiger partial charge in [-0.1, -0.05) is 0 Å². The van der Waals surface area contributed by atoms with Gasteiger partial charge in [0.25, 0.3) is 0 Å². The first kappa shape index (κ1) is 16.3. The van der Waals surface area contributed by atoms with Gasteiger partial charge in [0.05, 0.1) is 11.0 Å². The average Bonchev–Trinajstić information content (AvgIpc) is 3.38. The Kier molecular flexibility index (Phi) is 4.01. The summed E-state index contributed by atoms with van der Waals surface area (Å²) < 4.78 is 13.1. The molecule has 2 aromatic carbocycles. The minimum atomic E-state index is -0.197. The molecule has 0 saturated carbocycles. The monoisotopic (exact) mass is 379 g/mol. The van der Waals surface area contributed by atoms with Crippen molar-refractivity contribution in [3.05, 3.63) is 59.9 Å². The quantitative estimate of drug-likeness (QED) is 0.581. The third-order valence-electron chi connectivity index (χ3n) is 4.92. The molecular formula is C20H18FN5S. The zero-order valence-corrected chi connectivity index (χ0v) is 15.4. The van der Waals surface area contributed by atoms with E-state index in [2.05, 4.69) is 31.9 Å². The Balaban J connectivity index is 1.33. The summed E-state index contributed by atoms with van der Waals surface area (Å²) in [5.41, 5.74) is 4.16. The molecule has 1 saturated heterocycles. The number of nitrogens with zero attached hydrogens (tertiary/aromatic N) is 4. The number of imidazole rings is 1. The number of aromatic amines is 1. The highest BCUT2D eigenvalue weighted by molar-refractivity contribution is 7.13. The van der Waals surface area contributed by atoms with E-state index in [-0.39, 0.29) is 5.82 Å². The minimum absolute atomic E-state index is 0.197. The van der Waals surface area contributed by atoms with Crippen LogP contribution in [0, 0.1) is 5.82 Å². The number of fused-ring (bicyclic) bond motifs is 1. The third-order valence-corrected chi connectivity index (χ3v) is 5.74. The Morgan fingerprint density at radius 3 is 2.48 bits per heavy atom. The van der Waals surface area contributed by atoms with Gasteiger partial charge in [0.2, 0.25) is 5.95 Å². The Labute approximate surface area is 160 Å². The Morgan fingerprint density at radius 1 is 0.963 bits per heavy atom. The molecule has 1 aliphatic heterocycles. The molecule has 0 unspecified atom stereocenters. The number of thiazole rings is 1. The first-order chi connectivity index (χ1) is 13.3. The van der Waals surface area contributed by atoms with E-state index in [9.17, 15) is 4.39 Å². The molecule has 1 N–H and O–H groups in total. The summed E-state index contributed by atoms with van der Waals surface area (Å²) in [5.74, 6) is 0.705. The van der Waals surface area contributed by atoms with Crippen molar-refractivity contribution in [1.29, 1.82) is 0 Å². The summed E-state index contributed by atoms with van der Waals surface area (Å²) in [7, 11) is 0. The molecule has 1 aliphatic rings. The van der Waals surface area contributed by atoms with Crippen LogP contribution in [0.25, 0.3) is 21.6 Å². The predicted molar refractivity (Wildman–Crippen MR) is 108 cm³/mol. The van der Waals surface area contributed by atoms with Crippen LogP contribution < -0.4 is 9.80 Å². The second kappa shape index (κ2) is 6.66. The Bertz CT molecular complexity index is 1050. The molecule has 0 spiro atoms. The topological polar surface area (TPSA) is 48.1 Å². The summed E-state index contributed by atoms with van der Waals surface area (Å²) in [6.45, 7) is 3.51. The fraction of sp³-hybridized carbons (Fsp3) is 0.200. The average molecular weight is 379 g/mol. The first-order valence-electron chi connectivity index (χ1n) is 8.91. The summed E-state index contributed by atoms with van der Waals surface area (Å²) in [4.78, 5) is 17.1. The van der Waals surface area contributed by atoms with Crippen LogP contribution in [-0.4, -0.2) is 41.1 Å². The van der Waals surface area contributed by atoms with Crippen molar-refractivity contribution in [2.45, 2.75) is 0 Å². The van der Waals surface area contributed by atoms with E-state index >= 15 is 0 Å². The molecule has 0 radical (unpaired) electrons. The molecule has 0 aliphatic carbocycles. The SMILES string of the molecule is Fc1ccc(N2CCN(c3nc4ccc(-c5nccs5)cc4[nH]3)CC2)cc1. The largest absolute Gasteiger partial charge is 0.368 e. The number of rotatable bonds is 3. The molecule has 5 rings (SSSR count). The Hall–Kier alpha value is -2.93. The lowest BCUT2D eigenvalue weighted by molar-refractivity contribution is 0.623. The molecule has 0 amide bonds. The number of nitrogens with one attached hydrogen (secondary N) is 1. The highest BCUT2D eigenvalue weighted by atomic mass is 32.1. The van der Waals surface area contributed by atoms with Crippen molar-refractivity contribution in [2.24, 2.45) is 0 Å². The fourth-order valence-corrected chi connectivity index (χ4v) is 4.11. The maximum atomic E-state index is 13.1. The Morgan fingerprint density at radius 2 is 1.74 bits per heavy atom. The molecule has 1 fully saturated rings. The van der Waals surface area contributed by atoms with Gasteiger partial charge < -0.3 is 14.8 Å². The molecule has 136 valence electrons. The molecule has 7 heteroatoms. The first-order valence-corrected chi connectivity index (χ1v) is 9.79. The van der Waals surface area contributed by atoms with Gasteiger partial charge >= 0.3 is 0 Å². The summed E-state index contributed by atoms with van der Waals surface area (Å²) in [5, 5.41) is 3.00. The van der Waals surface area contributed by atoms with Crippen LogP contribution in [0.4, 0.5) is 16.0 Å². The number of anilines is 2. The van der Waals surface area contributed by atoms with Crippen LogP contribution >= 0.6 is 11.3 Å². The molecular weight excluding hydrogens is 361 g/mol. The van der Waals surface area contributed by atoms with Crippen LogP contribution in [0.15, 0.2) is 54.0 Å². The van der Waals surface area contributed by atoms with Crippen molar-refractivity contribution in [2.75, 3.05) is 36.0 Å². The van der Waals surface area contributed by atoms with Gasteiger partial charge in [0.15, 0.2) is 0 Å². The van der Waals surface area contributed by atoms with Gasteiger partial charge in [0, 0.05) is 49.0 Å². The van der Waals surface area contributed by atoms with Gasteiger partial charge in [-0.25, -0.2) is 14.4 Å². The van der Waals surface area contributed by atoms with Crippen molar-refractivity contribution >= 4 is 34.0 Å². The molecule has 0 bridgehead atoms. The van der Waals surface area contributed by atoms with Crippen LogP contribution in [0.1, 0.15) is 0 Å². The third kappa shape index (κ3) is 3.14. The van der Waals surface area contributed by atoms with E-state index in [0.717, 1.165) is 59.4 Å². The van der Waals surface area contributed by atoms with Crippen molar-refractivity contribution in [1.82, 2.24) is 15.0 Å². The smallest absolute Gasteiger partial charge is 0.203 e. The summed E-state index contributed by atoms with van der Waals surface area (Å²) >= 11 is 1.63. The maximum Gasteiger partial charge on any atom is 0.203 e. The van der Waals surface area contributed by atoms with Crippen LogP contribution in [-0.2, 0) is 0 Å². The lowest BCUT2D eigenvalue weighted by Gasteiger charge is -2.36.